The molecule has 0 aliphatic heterocycles. The van der Waals surface area contributed by atoms with Crippen molar-refractivity contribution in [1.82, 2.24) is 9.97 Å². The van der Waals surface area contributed by atoms with E-state index >= 15 is 0 Å². The molecule has 0 radical (unpaired) electrons. The Morgan fingerprint density at radius 3 is 2.45 bits per heavy atom. The van der Waals surface area contributed by atoms with Gasteiger partial charge in [-0.1, -0.05) is 23.7 Å². The van der Waals surface area contributed by atoms with Gasteiger partial charge < -0.3 is 10.3 Å². The van der Waals surface area contributed by atoms with Gasteiger partial charge >= 0.3 is 6.18 Å². The first-order valence-electron chi connectivity index (χ1n) is 9.50. The van der Waals surface area contributed by atoms with Crippen molar-refractivity contribution in [2.75, 3.05) is 5.32 Å². The van der Waals surface area contributed by atoms with Gasteiger partial charge in [0.05, 0.1) is 32.1 Å². The molecule has 1 amide bonds. The largest absolute Gasteiger partial charge is 0.416 e. The van der Waals surface area contributed by atoms with Gasteiger partial charge in [-0.05, 0) is 42.0 Å². The molecule has 0 aliphatic rings. The maximum atomic E-state index is 12.9. The summed E-state index contributed by atoms with van der Waals surface area (Å²) in [6, 6.07) is 13.7. The first-order valence-corrected chi connectivity index (χ1v) is 9.88. The average molecular weight is 475 g/mol. The third kappa shape index (κ3) is 4.96. The van der Waals surface area contributed by atoms with Crippen molar-refractivity contribution in [3.8, 4) is 0 Å². The van der Waals surface area contributed by atoms with Crippen LogP contribution in [0, 0.1) is 10.1 Å². The van der Waals surface area contributed by atoms with Crippen LogP contribution in [0.3, 0.4) is 0 Å². The molecule has 0 saturated heterocycles. The number of halogens is 4. The van der Waals surface area contributed by atoms with Crippen LogP contribution in [0.4, 0.5) is 24.5 Å². The summed E-state index contributed by atoms with van der Waals surface area (Å²) in [6.07, 6.45) is -4.09. The Labute approximate surface area is 189 Å². The van der Waals surface area contributed by atoms with Crippen LogP contribution >= 0.6 is 11.6 Å². The number of alkyl halides is 3. The molecule has 0 fully saturated rings. The Balaban J connectivity index is 1.45. The molecule has 4 aromatic rings. The zero-order chi connectivity index (χ0) is 23.8. The summed E-state index contributed by atoms with van der Waals surface area (Å²) >= 11 is 5.98. The van der Waals surface area contributed by atoms with E-state index in [1.54, 1.807) is 24.3 Å². The number of benzene rings is 3. The smallest absolute Gasteiger partial charge is 0.342 e. The summed E-state index contributed by atoms with van der Waals surface area (Å²) in [5, 5.41) is 13.4. The number of fused-ring (bicyclic) bond motifs is 1. The number of anilines is 1. The zero-order valence-corrected chi connectivity index (χ0v) is 17.4. The molecule has 7 nitrogen and oxygen atoms in total. The van der Waals surface area contributed by atoms with Crippen LogP contribution < -0.4 is 5.32 Å². The van der Waals surface area contributed by atoms with Crippen LogP contribution in [-0.4, -0.2) is 20.8 Å². The number of nitrogens with zero attached hydrogens (tertiary/aromatic N) is 2. The highest BCUT2D eigenvalue weighted by Gasteiger charge is 2.30. The summed E-state index contributed by atoms with van der Waals surface area (Å²) in [5.74, 6) is -0.0285. The highest BCUT2D eigenvalue weighted by molar-refractivity contribution is 6.34. The molecule has 33 heavy (non-hydrogen) atoms. The second-order valence-electron chi connectivity index (χ2n) is 7.16. The van der Waals surface area contributed by atoms with E-state index in [2.05, 4.69) is 15.3 Å². The Morgan fingerprint density at radius 2 is 1.82 bits per heavy atom. The Morgan fingerprint density at radius 1 is 1.09 bits per heavy atom. The molecule has 11 heteroatoms. The molecular formula is C22H14ClF3N4O3. The number of carbonyl (C=O) groups excluding carboxylic acids is 1. The van der Waals surface area contributed by atoms with Crippen LogP contribution in [0.15, 0.2) is 60.7 Å². The molecule has 3 aromatic carbocycles. The number of aromatic amines is 1. The molecule has 0 saturated carbocycles. The van der Waals surface area contributed by atoms with E-state index in [0.717, 1.165) is 23.8 Å². The maximum Gasteiger partial charge on any atom is 0.416 e. The monoisotopic (exact) mass is 474 g/mol. The summed E-state index contributed by atoms with van der Waals surface area (Å²) in [4.78, 5) is 29.8. The minimum atomic E-state index is -4.43. The van der Waals surface area contributed by atoms with Gasteiger partial charge in [0.2, 0.25) is 0 Å². The minimum Gasteiger partial charge on any atom is -0.342 e. The molecule has 1 heterocycles. The third-order valence-electron chi connectivity index (χ3n) is 4.85. The van der Waals surface area contributed by atoms with Crippen LogP contribution in [0.1, 0.15) is 27.3 Å². The standard InChI is InChI=1S/C22H14ClF3N4O3/c23-17-11-15(30(32)33)6-7-16(17)21(31)27-14-4-1-12(2-5-14)9-20-28-18-8-3-13(22(24,25)26)10-19(18)29-20/h1-8,10-11H,9H2,(H,27,31)(H,28,29). The molecule has 0 bridgehead atoms. The van der Waals surface area contributed by atoms with Gasteiger partial charge in [0, 0.05) is 24.2 Å². The van der Waals surface area contributed by atoms with E-state index in [9.17, 15) is 28.1 Å². The number of nitro benzene ring substituents is 1. The lowest BCUT2D eigenvalue weighted by molar-refractivity contribution is -0.384. The van der Waals surface area contributed by atoms with Crippen molar-refractivity contribution >= 4 is 39.9 Å². The van der Waals surface area contributed by atoms with Gasteiger partial charge in [-0.3, -0.25) is 14.9 Å². The van der Waals surface area contributed by atoms with Crippen LogP contribution in [0.25, 0.3) is 11.0 Å². The van der Waals surface area contributed by atoms with Gasteiger partial charge in [0.15, 0.2) is 0 Å². The number of hydrogen-bond acceptors (Lipinski definition) is 4. The van der Waals surface area contributed by atoms with Crippen LogP contribution in [0.5, 0.6) is 0 Å². The molecule has 0 aliphatic carbocycles. The predicted octanol–water partition coefficient (Wildman–Crippen LogP) is 5.99. The zero-order valence-electron chi connectivity index (χ0n) is 16.6. The van der Waals surface area contributed by atoms with E-state index < -0.39 is 22.6 Å². The van der Waals surface area contributed by atoms with Crippen molar-refractivity contribution in [3.05, 3.63) is 98.3 Å². The quantitative estimate of drug-likeness (QED) is 0.274. The summed E-state index contributed by atoms with van der Waals surface area (Å²) in [6.45, 7) is 0. The molecule has 0 spiro atoms. The van der Waals surface area contributed by atoms with Gasteiger partial charge in [0.1, 0.15) is 5.82 Å². The van der Waals surface area contributed by atoms with Gasteiger partial charge in [-0.25, -0.2) is 4.98 Å². The second-order valence-corrected chi connectivity index (χ2v) is 7.57. The molecular weight excluding hydrogens is 461 g/mol. The summed E-state index contributed by atoms with van der Waals surface area (Å²) in [5.41, 5.74) is 1.13. The molecule has 2 N–H and O–H groups in total. The number of imidazole rings is 1. The van der Waals surface area contributed by atoms with E-state index in [0.29, 0.717) is 29.0 Å². The Bertz CT molecular complexity index is 1370. The fourth-order valence-corrected chi connectivity index (χ4v) is 3.48. The second kappa shape index (κ2) is 8.55. The number of amides is 1. The van der Waals surface area contributed by atoms with Crippen molar-refractivity contribution in [1.29, 1.82) is 0 Å². The third-order valence-corrected chi connectivity index (χ3v) is 5.16. The molecule has 0 atom stereocenters. The van der Waals surface area contributed by atoms with Gasteiger partial charge in [0.25, 0.3) is 11.6 Å². The van der Waals surface area contributed by atoms with Crippen molar-refractivity contribution in [2.45, 2.75) is 12.6 Å². The number of carbonyl (C=O) groups is 1. The number of non-ortho nitro benzene ring substituents is 1. The molecule has 0 unspecified atom stereocenters. The Hall–Kier alpha value is -3.92. The van der Waals surface area contributed by atoms with Crippen LogP contribution in [-0.2, 0) is 12.6 Å². The SMILES string of the molecule is O=C(Nc1ccc(Cc2nc3ccc(C(F)(F)F)cc3[nH]2)cc1)c1ccc([N+](=O)[O-])cc1Cl. The number of rotatable bonds is 5. The van der Waals surface area contributed by atoms with Crippen molar-refractivity contribution < 1.29 is 22.9 Å². The minimum absolute atomic E-state index is 0.0445. The van der Waals surface area contributed by atoms with E-state index in [4.69, 9.17) is 11.6 Å². The lowest BCUT2D eigenvalue weighted by atomic mass is 10.1. The highest BCUT2D eigenvalue weighted by Crippen LogP contribution is 2.31. The van der Waals surface area contributed by atoms with E-state index in [1.165, 1.54) is 18.2 Å². The van der Waals surface area contributed by atoms with Crippen molar-refractivity contribution in [2.24, 2.45) is 0 Å². The van der Waals surface area contributed by atoms with E-state index in [1.807, 2.05) is 0 Å². The fourth-order valence-electron chi connectivity index (χ4n) is 3.22. The molecule has 168 valence electrons. The van der Waals surface area contributed by atoms with Crippen molar-refractivity contribution in [3.63, 3.8) is 0 Å². The number of H-pyrrole nitrogens is 1. The summed E-state index contributed by atoms with van der Waals surface area (Å²) in [7, 11) is 0. The van der Waals surface area contributed by atoms with Gasteiger partial charge in [-0.15, -0.1) is 0 Å². The fraction of sp³-hybridized carbons (Fsp3) is 0.0909. The number of aromatic nitrogens is 2. The maximum absolute atomic E-state index is 12.9. The normalized spacial score (nSPS) is 11.5. The number of nitro groups is 1. The van der Waals surface area contributed by atoms with E-state index in [-0.39, 0.29) is 16.3 Å². The Kier molecular flexibility index (Phi) is 5.77. The summed E-state index contributed by atoms with van der Waals surface area (Å²) < 4.78 is 38.6. The lowest BCUT2D eigenvalue weighted by Crippen LogP contribution is -2.12. The predicted molar refractivity (Wildman–Crippen MR) is 116 cm³/mol. The van der Waals surface area contributed by atoms with Crippen LogP contribution in [0.2, 0.25) is 5.02 Å². The molecule has 1 aromatic heterocycles. The first-order chi connectivity index (χ1) is 15.6. The lowest BCUT2D eigenvalue weighted by Gasteiger charge is -2.07. The first kappa shape index (κ1) is 22.3. The topological polar surface area (TPSA) is 101 Å². The van der Waals surface area contributed by atoms with Gasteiger partial charge in [-0.2, -0.15) is 13.2 Å². The number of hydrogen-bond donors (Lipinski definition) is 2. The average Bonchev–Trinajstić information content (AvgIpc) is 3.15. The number of nitrogens with one attached hydrogen (secondary N) is 2. The highest BCUT2D eigenvalue weighted by atomic mass is 35.5. The molecule has 4 rings (SSSR count).